The van der Waals surface area contributed by atoms with E-state index in [9.17, 15) is 9.90 Å². The molecule has 0 spiro atoms. The van der Waals surface area contributed by atoms with Crippen LogP contribution in [0, 0.1) is 5.92 Å². The first kappa shape index (κ1) is 14.0. The average molecular weight is 263 g/mol. The van der Waals surface area contributed by atoms with Crippen molar-refractivity contribution in [3.63, 3.8) is 0 Å². The van der Waals surface area contributed by atoms with Gasteiger partial charge in [-0.05, 0) is 30.0 Å². The van der Waals surface area contributed by atoms with Crippen LogP contribution in [0.5, 0.6) is 0 Å². The second kappa shape index (κ2) is 6.17. The third-order valence-electron chi connectivity index (χ3n) is 3.63. The summed E-state index contributed by atoms with van der Waals surface area (Å²) in [6.07, 6.45) is 0.369. The number of aliphatic hydroxyl groups is 1. The monoisotopic (exact) mass is 263 g/mol. The molecule has 104 valence electrons. The minimum absolute atomic E-state index is 0.0386. The summed E-state index contributed by atoms with van der Waals surface area (Å²) in [5, 5.41) is 9.71. The molecule has 1 saturated heterocycles. The molecule has 0 aliphatic carbocycles. The number of carbonyl (C=O) groups excluding carboxylic acids is 1. The van der Waals surface area contributed by atoms with Crippen molar-refractivity contribution in [3.05, 3.63) is 35.4 Å². The van der Waals surface area contributed by atoms with E-state index >= 15 is 0 Å². The average Bonchev–Trinajstić information content (AvgIpc) is 2.42. The Morgan fingerprint density at radius 1 is 1.53 bits per heavy atom. The minimum atomic E-state index is -0.288. The summed E-state index contributed by atoms with van der Waals surface area (Å²) >= 11 is 0. The number of benzene rings is 1. The predicted molar refractivity (Wildman–Crippen MR) is 72.8 cm³/mol. The van der Waals surface area contributed by atoms with E-state index in [1.54, 1.807) is 7.11 Å². The normalized spacial score (nSPS) is 23.4. The van der Waals surface area contributed by atoms with Gasteiger partial charge in [0.25, 0.3) is 5.91 Å². The molecule has 0 bridgehead atoms. The van der Waals surface area contributed by atoms with Crippen molar-refractivity contribution >= 4 is 5.91 Å². The molecule has 19 heavy (non-hydrogen) atoms. The number of piperidine rings is 1. The molecule has 2 rings (SSSR count). The van der Waals surface area contributed by atoms with E-state index in [1.807, 2.05) is 36.1 Å². The van der Waals surface area contributed by atoms with Crippen LogP contribution in [0.3, 0.4) is 0 Å². The third-order valence-corrected chi connectivity index (χ3v) is 3.63. The molecule has 4 heteroatoms. The topological polar surface area (TPSA) is 49.8 Å². The fraction of sp³-hybridized carbons (Fsp3) is 0.533. The van der Waals surface area contributed by atoms with E-state index in [0.717, 1.165) is 5.56 Å². The number of rotatable bonds is 3. The quantitative estimate of drug-likeness (QED) is 0.902. The molecule has 1 N–H and O–H groups in total. The Balaban J connectivity index is 2.09. The summed E-state index contributed by atoms with van der Waals surface area (Å²) in [6, 6.07) is 7.53. The molecule has 0 aromatic heterocycles. The molecule has 1 heterocycles. The van der Waals surface area contributed by atoms with Crippen LogP contribution in [-0.2, 0) is 11.3 Å². The van der Waals surface area contributed by atoms with Gasteiger partial charge in [-0.2, -0.15) is 0 Å². The van der Waals surface area contributed by atoms with Crippen LogP contribution in [0.2, 0.25) is 0 Å². The molecule has 4 nitrogen and oxygen atoms in total. The summed E-state index contributed by atoms with van der Waals surface area (Å²) in [5.74, 6) is 0.177. The number of likely N-dealkylation sites (tertiary alicyclic amines) is 1. The zero-order chi connectivity index (χ0) is 13.8. The van der Waals surface area contributed by atoms with Gasteiger partial charge in [0.15, 0.2) is 0 Å². The molecule has 1 fully saturated rings. The highest BCUT2D eigenvalue weighted by atomic mass is 16.5. The Morgan fingerprint density at radius 3 is 3.00 bits per heavy atom. The molecule has 1 aliphatic heterocycles. The van der Waals surface area contributed by atoms with Crippen molar-refractivity contribution < 1.29 is 14.6 Å². The van der Waals surface area contributed by atoms with Crippen LogP contribution in [0.15, 0.2) is 24.3 Å². The van der Waals surface area contributed by atoms with E-state index in [2.05, 4.69) is 0 Å². The lowest BCUT2D eigenvalue weighted by Gasteiger charge is -2.34. The highest BCUT2D eigenvalue weighted by Gasteiger charge is 2.27. The maximum Gasteiger partial charge on any atom is 0.253 e. The van der Waals surface area contributed by atoms with Crippen LogP contribution in [0.25, 0.3) is 0 Å². The van der Waals surface area contributed by atoms with Crippen LogP contribution >= 0.6 is 0 Å². The number of nitrogens with zero attached hydrogens (tertiary/aromatic N) is 1. The Bertz CT molecular complexity index is 447. The summed E-state index contributed by atoms with van der Waals surface area (Å²) in [7, 11) is 1.64. The van der Waals surface area contributed by atoms with Gasteiger partial charge >= 0.3 is 0 Å². The largest absolute Gasteiger partial charge is 0.393 e. The van der Waals surface area contributed by atoms with Crippen molar-refractivity contribution in [2.75, 3.05) is 20.2 Å². The standard InChI is InChI=1S/C15H21NO3/c1-11-9-16(7-6-14(11)17)15(18)13-5-3-4-12(8-13)10-19-2/h3-5,8,11,14,17H,6-7,9-10H2,1-2H3. The minimum Gasteiger partial charge on any atom is -0.393 e. The van der Waals surface area contributed by atoms with Crippen molar-refractivity contribution in [2.45, 2.75) is 26.1 Å². The second-order valence-electron chi connectivity index (χ2n) is 5.22. The molecule has 0 radical (unpaired) electrons. The van der Waals surface area contributed by atoms with E-state index < -0.39 is 0 Å². The predicted octanol–water partition coefficient (Wildman–Crippen LogP) is 1.68. The Morgan fingerprint density at radius 2 is 2.32 bits per heavy atom. The molecular formula is C15H21NO3. The highest BCUT2D eigenvalue weighted by Crippen LogP contribution is 2.19. The van der Waals surface area contributed by atoms with Gasteiger partial charge in [0.2, 0.25) is 0 Å². The smallest absolute Gasteiger partial charge is 0.253 e. The first-order valence-corrected chi connectivity index (χ1v) is 6.67. The van der Waals surface area contributed by atoms with Crippen LogP contribution in [0.4, 0.5) is 0 Å². The molecule has 0 saturated carbocycles. The molecule has 1 aliphatic rings. The Kier molecular flexibility index (Phi) is 4.56. The maximum atomic E-state index is 12.4. The van der Waals surface area contributed by atoms with Gasteiger partial charge in [0.05, 0.1) is 12.7 Å². The lowest BCUT2D eigenvalue weighted by molar-refractivity contribution is 0.0297. The van der Waals surface area contributed by atoms with Crippen LogP contribution < -0.4 is 0 Å². The maximum absolute atomic E-state index is 12.4. The number of ether oxygens (including phenoxy) is 1. The molecular weight excluding hydrogens is 242 g/mol. The number of carbonyl (C=O) groups is 1. The van der Waals surface area contributed by atoms with Gasteiger partial charge in [-0.25, -0.2) is 0 Å². The van der Waals surface area contributed by atoms with E-state index in [1.165, 1.54) is 0 Å². The first-order chi connectivity index (χ1) is 9.11. The Hall–Kier alpha value is -1.39. The number of aliphatic hydroxyl groups excluding tert-OH is 1. The summed E-state index contributed by atoms with van der Waals surface area (Å²) in [5.41, 5.74) is 1.69. The lowest BCUT2D eigenvalue weighted by Crippen LogP contribution is -2.44. The lowest BCUT2D eigenvalue weighted by atomic mass is 9.96. The first-order valence-electron chi connectivity index (χ1n) is 6.67. The van der Waals surface area contributed by atoms with Gasteiger partial charge in [-0.15, -0.1) is 0 Å². The van der Waals surface area contributed by atoms with Crippen LogP contribution in [-0.4, -0.2) is 42.2 Å². The molecule has 2 unspecified atom stereocenters. The van der Waals surface area contributed by atoms with Gasteiger partial charge in [-0.1, -0.05) is 19.1 Å². The number of methoxy groups -OCH3 is 1. The van der Waals surface area contributed by atoms with Gasteiger partial charge in [0.1, 0.15) is 0 Å². The fourth-order valence-electron chi connectivity index (χ4n) is 2.46. The van der Waals surface area contributed by atoms with Crippen molar-refractivity contribution in [1.82, 2.24) is 4.90 Å². The van der Waals surface area contributed by atoms with E-state index in [4.69, 9.17) is 4.74 Å². The summed E-state index contributed by atoms with van der Waals surface area (Å²) < 4.78 is 5.08. The van der Waals surface area contributed by atoms with Crippen molar-refractivity contribution in [2.24, 2.45) is 5.92 Å². The number of hydrogen-bond donors (Lipinski definition) is 1. The van der Waals surface area contributed by atoms with E-state index in [0.29, 0.717) is 31.7 Å². The highest BCUT2D eigenvalue weighted by molar-refractivity contribution is 5.94. The van der Waals surface area contributed by atoms with Gasteiger partial charge in [-0.3, -0.25) is 4.79 Å². The number of amides is 1. The molecule has 1 aromatic carbocycles. The molecule has 1 aromatic rings. The third kappa shape index (κ3) is 3.33. The van der Waals surface area contributed by atoms with Crippen molar-refractivity contribution in [3.8, 4) is 0 Å². The van der Waals surface area contributed by atoms with Gasteiger partial charge in [0, 0.05) is 25.8 Å². The Labute approximate surface area is 114 Å². The molecule has 2 atom stereocenters. The van der Waals surface area contributed by atoms with Crippen LogP contribution in [0.1, 0.15) is 29.3 Å². The summed E-state index contributed by atoms with van der Waals surface area (Å²) in [6.45, 7) is 3.73. The zero-order valence-corrected chi connectivity index (χ0v) is 11.5. The van der Waals surface area contributed by atoms with Gasteiger partial charge < -0.3 is 14.7 Å². The fourth-order valence-corrected chi connectivity index (χ4v) is 2.46. The molecule has 1 amide bonds. The summed E-state index contributed by atoms with van der Waals surface area (Å²) in [4.78, 5) is 14.2. The second-order valence-corrected chi connectivity index (χ2v) is 5.22. The SMILES string of the molecule is COCc1cccc(C(=O)N2CCC(O)C(C)C2)c1. The van der Waals surface area contributed by atoms with E-state index in [-0.39, 0.29) is 17.9 Å². The zero-order valence-electron chi connectivity index (χ0n) is 11.5. The van der Waals surface area contributed by atoms with Crippen molar-refractivity contribution in [1.29, 1.82) is 0 Å². The number of hydrogen-bond acceptors (Lipinski definition) is 3.